The summed E-state index contributed by atoms with van der Waals surface area (Å²) in [4.78, 5) is 10.5. The van der Waals surface area contributed by atoms with Crippen molar-refractivity contribution in [1.29, 1.82) is 0 Å². The van der Waals surface area contributed by atoms with Crippen LogP contribution in [0.15, 0.2) is 103 Å². The molecule has 0 bridgehead atoms. The number of unbranched alkanes of at least 4 members (excludes halogenated alkanes) is 2. The highest BCUT2D eigenvalue weighted by molar-refractivity contribution is 6.99. The summed E-state index contributed by atoms with van der Waals surface area (Å²) < 4.78 is 7.01. The molecule has 0 radical (unpaired) electrons. The minimum Gasteiger partial charge on any atom is -0.407 e. The van der Waals surface area contributed by atoms with Crippen LogP contribution in [0.25, 0.3) is 6.08 Å². The maximum atomic E-state index is 10.5. The Hall–Kier alpha value is -3.01. The molecule has 0 saturated heterocycles. The van der Waals surface area contributed by atoms with Crippen molar-refractivity contribution >= 4 is 31.1 Å². The molecule has 0 unspecified atom stereocenters. The number of aryl methyl sites for hydroxylation is 1. The molecular formula is C32H38O2Si. The molecule has 0 aromatic heterocycles. The summed E-state index contributed by atoms with van der Waals surface area (Å²) in [6.45, 7) is 7.75. The van der Waals surface area contributed by atoms with Gasteiger partial charge in [-0.15, -0.1) is 0 Å². The van der Waals surface area contributed by atoms with Crippen molar-refractivity contribution in [2.45, 2.75) is 51.5 Å². The number of benzene rings is 3. The molecule has 3 heteroatoms. The zero-order valence-corrected chi connectivity index (χ0v) is 22.3. The first kappa shape index (κ1) is 26.6. The molecule has 0 aliphatic heterocycles. The van der Waals surface area contributed by atoms with E-state index in [1.165, 1.54) is 27.6 Å². The molecular weight excluding hydrogens is 444 g/mol. The minimum absolute atomic E-state index is 0.0132. The molecule has 0 aliphatic rings. The van der Waals surface area contributed by atoms with Gasteiger partial charge < -0.3 is 4.43 Å². The van der Waals surface area contributed by atoms with Gasteiger partial charge in [0.1, 0.15) is 6.29 Å². The highest BCUT2D eigenvalue weighted by Crippen LogP contribution is 2.36. The number of hydrogen-bond donors (Lipinski definition) is 0. The van der Waals surface area contributed by atoms with Gasteiger partial charge in [0.25, 0.3) is 8.32 Å². The number of rotatable bonds is 12. The van der Waals surface area contributed by atoms with Gasteiger partial charge in [-0.25, -0.2) is 0 Å². The monoisotopic (exact) mass is 482 g/mol. The summed E-state index contributed by atoms with van der Waals surface area (Å²) in [5.41, 5.74) is 2.56. The van der Waals surface area contributed by atoms with Crippen LogP contribution in [0.4, 0.5) is 0 Å². The molecule has 0 atom stereocenters. The number of carbonyl (C=O) groups excluding carboxylic acids is 1. The first-order valence-corrected chi connectivity index (χ1v) is 14.5. The van der Waals surface area contributed by atoms with Crippen molar-refractivity contribution < 1.29 is 9.22 Å². The third-order valence-electron chi connectivity index (χ3n) is 6.46. The van der Waals surface area contributed by atoms with E-state index in [4.69, 9.17) is 4.43 Å². The first-order valence-electron chi connectivity index (χ1n) is 12.6. The average molecular weight is 483 g/mol. The molecule has 3 aromatic carbocycles. The molecule has 0 spiro atoms. The van der Waals surface area contributed by atoms with Crippen LogP contribution in [0, 0.1) is 0 Å². The molecule has 0 saturated carbocycles. The van der Waals surface area contributed by atoms with Crippen LogP contribution in [-0.2, 0) is 15.6 Å². The van der Waals surface area contributed by atoms with Crippen LogP contribution in [0.5, 0.6) is 0 Å². The van der Waals surface area contributed by atoms with Crippen molar-refractivity contribution in [3.05, 3.63) is 114 Å². The summed E-state index contributed by atoms with van der Waals surface area (Å²) in [6, 6.07) is 30.2. The van der Waals surface area contributed by atoms with E-state index in [2.05, 4.69) is 112 Å². The number of carbonyl (C=O) groups is 1. The van der Waals surface area contributed by atoms with E-state index >= 15 is 0 Å². The lowest BCUT2D eigenvalue weighted by molar-refractivity contribution is -0.104. The second kappa shape index (κ2) is 13.2. The SMILES string of the molecule is CC(C)(C)[Si](OCCCCCc1ccccc1/C=C/C=C/C=O)(c1ccccc1)c1ccccc1. The Morgan fingerprint density at radius 2 is 1.31 bits per heavy atom. The molecule has 0 aliphatic carbocycles. The number of aldehydes is 1. The lowest BCUT2D eigenvalue weighted by Gasteiger charge is -2.43. The van der Waals surface area contributed by atoms with Crippen molar-refractivity contribution in [2.75, 3.05) is 6.61 Å². The fraction of sp³-hybridized carbons (Fsp3) is 0.281. The minimum atomic E-state index is -2.44. The Balaban J connectivity index is 1.65. The van der Waals surface area contributed by atoms with Crippen LogP contribution in [0.3, 0.4) is 0 Å². The largest absolute Gasteiger partial charge is 0.407 e. The van der Waals surface area contributed by atoms with Crippen molar-refractivity contribution in [2.24, 2.45) is 0 Å². The standard InChI is InChI=1S/C32H38O2Si/c1-32(2,3)35(30-22-10-4-11-23-30,31-24-12-5-13-25-31)34-27-17-7-9-19-29-21-15-14-20-28(29)18-8-6-16-26-33/h4-6,8,10-16,18,20-26H,7,9,17,19,27H2,1-3H3/b16-6+,18-8+. The summed E-state index contributed by atoms with van der Waals surface area (Å²) in [7, 11) is -2.44. The normalized spacial score (nSPS) is 12.4. The Morgan fingerprint density at radius 3 is 1.91 bits per heavy atom. The van der Waals surface area contributed by atoms with Crippen LogP contribution in [0.1, 0.15) is 51.2 Å². The van der Waals surface area contributed by atoms with E-state index in [9.17, 15) is 4.79 Å². The van der Waals surface area contributed by atoms with Gasteiger partial charge in [-0.2, -0.15) is 0 Å². The van der Waals surface area contributed by atoms with Crippen LogP contribution >= 0.6 is 0 Å². The van der Waals surface area contributed by atoms with Gasteiger partial charge in [-0.05, 0) is 51.9 Å². The van der Waals surface area contributed by atoms with Gasteiger partial charge in [0.15, 0.2) is 0 Å². The number of allylic oxidation sites excluding steroid dienone is 3. The van der Waals surface area contributed by atoms with E-state index in [1.54, 1.807) is 6.08 Å². The van der Waals surface area contributed by atoms with Gasteiger partial charge in [0.2, 0.25) is 0 Å². The second-order valence-electron chi connectivity index (χ2n) is 9.90. The summed E-state index contributed by atoms with van der Waals surface area (Å²) in [5, 5.41) is 2.69. The fourth-order valence-electron chi connectivity index (χ4n) is 4.77. The predicted octanol–water partition coefficient (Wildman–Crippen LogP) is 6.74. The quantitative estimate of drug-likeness (QED) is 0.0939. The van der Waals surface area contributed by atoms with Crippen LogP contribution in [0.2, 0.25) is 5.04 Å². The Labute approximate surface area is 212 Å². The summed E-state index contributed by atoms with van der Waals surface area (Å²) in [6.07, 6.45) is 12.4. The highest BCUT2D eigenvalue weighted by atomic mass is 28.4. The Bertz CT molecular complexity index is 1060. The molecule has 2 nitrogen and oxygen atoms in total. The highest BCUT2D eigenvalue weighted by Gasteiger charge is 2.49. The molecule has 3 rings (SSSR count). The van der Waals surface area contributed by atoms with Crippen LogP contribution < -0.4 is 10.4 Å². The molecule has 0 heterocycles. The lowest BCUT2D eigenvalue weighted by atomic mass is 10.0. The van der Waals surface area contributed by atoms with Crippen molar-refractivity contribution in [1.82, 2.24) is 0 Å². The van der Waals surface area contributed by atoms with E-state index in [0.717, 1.165) is 38.6 Å². The van der Waals surface area contributed by atoms with Gasteiger partial charge >= 0.3 is 0 Å². The third-order valence-corrected chi connectivity index (χ3v) is 11.5. The first-order chi connectivity index (χ1) is 17.0. The topological polar surface area (TPSA) is 26.3 Å². The van der Waals surface area contributed by atoms with Gasteiger partial charge in [-0.1, -0.05) is 130 Å². The van der Waals surface area contributed by atoms with Gasteiger partial charge in [0.05, 0.1) is 0 Å². The summed E-state index contributed by atoms with van der Waals surface area (Å²) in [5.74, 6) is 0. The molecule has 0 amide bonds. The average Bonchev–Trinajstić information content (AvgIpc) is 2.87. The smallest absolute Gasteiger partial charge is 0.261 e. The van der Waals surface area contributed by atoms with Gasteiger partial charge in [-0.3, -0.25) is 4.79 Å². The second-order valence-corrected chi connectivity index (χ2v) is 14.2. The molecule has 182 valence electrons. The van der Waals surface area contributed by atoms with E-state index < -0.39 is 8.32 Å². The lowest BCUT2D eigenvalue weighted by Crippen LogP contribution is -2.66. The zero-order valence-electron chi connectivity index (χ0n) is 21.3. The Morgan fingerprint density at radius 1 is 0.714 bits per heavy atom. The number of hydrogen-bond acceptors (Lipinski definition) is 2. The molecule has 35 heavy (non-hydrogen) atoms. The van der Waals surface area contributed by atoms with Crippen molar-refractivity contribution in [3.63, 3.8) is 0 Å². The van der Waals surface area contributed by atoms with Gasteiger partial charge in [0, 0.05) is 6.61 Å². The summed E-state index contributed by atoms with van der Waals surface area (Å²) >= 11 is 0. The predicted molar refractivity (Wildman–Crippen MR) is 152 cm³/mol. The Kier molecular flexibility index (Phi) is 10.0. The van der Waals surface area contributed by atoms with Crippen molar-refractivity contribution in [3.8, 4) is 0 Å². The van der Waals surface area contributed by atoms with E-state index in [1.807, 2.05) is 6.08 Å². The molecule has 3 aromatic rings. The van der Waals surface area contributed by atoms with Crippen LogP contribution in [-0.4, -0.2) is 21.2 Å². The molecule has 0 N–H and O–H groups in total. The fourth-order valence-corrected chi connectivity index (χ4v) is 9.38. The maximum absolute atomic E-state index is 10.5. The van der Waals surface area contributed by atoms with E-state index in [-0.39, 0.29) is 5.04 Å². The van der Waals surface area contributed by atoms with E-state index in [0.29, 0.717) is 0 Å². The third kappa shape index (κ3) is 7.00. The molecule has 0 fully saturated rings. The zero-order chi connectivity index (χ0) is 25.0. The maximum Gasteiger partial charge on any atom is 0.261 e.